The zero-order valence-electron chi connectivity index (χ0n) is 32.8. The lowest BCUT2D eigenvalue weighted by atomic mass is 9.34. The lowest BCUT2D eigenvalue weighted by Crippen LogP contribution is -2.66. The number of carboxylic acid groups (broad SMARTS) is 1. The molecule has 0 aromatic rings. The molecule has 20 atom stereocenters. The van der Waals surface area contributed by atoms with Crippen molar-refractivity contribution in [2.75, 3.05) is 6.61 Å². The van der Waals surface area contributed by atoms with Gasteiger partial charge < -0.3 is 59.8 Å². The van der Waals surface area contributed by atoms with E-state index in [9.17, 15) is 50.4 Å². The number of hydrogen-bond donors (Lipinski definition) is 8. The Morgan fingerprint density at radius 2 is 1.44 bits per heavy atom. The summed E-state index contributed by atoms with van der Waals surface area (Å²) in [5.41, 5.74) is -0.357. The maximum Gasteiger partial charge on any atom is 0.335 e. The van der Waals surface area contributed by atoms with Gasteiger partial charge in [-0.25, -0.2) is 4.79 Å². The van der Waals surface area contributed by atoms with Crippen molar-refractivity contribution < 1.29 is 69.4 Å². The summed E-state index contributed by atoms with van der Waals surface area (Å²) in [5.74, 6) is -1.38. The summed E-state index contributed by atoms with van der Waals surface area (Å²) in [6.45, 7) is 13.3. The smallest absolute Gasteiger partial charge is 0.335 e. The molecule has 0 unspecified atom stereocenters. The molecule has 4 bridgehead atoms. The highest BCUT2D eigenvalue weighted by Crippen LogP contribution is 2.82. The molecule has 6 aliphatic carbocycles. The van der Waals surface area contributed by atoms with Crippen molar-refractivity contribution in [3.8, 4) is 0 Å². The summed E-state index contributed by atoms with van der Waals surface area (Å²) >= 11 is 0. The van der Waals surface area contributed by atoms with Crippen LogP contribution in [0, 0.1) is 56.2 Å². The van der Waals surface area contributed by atoms with Crippen LogP contribution in [0.25, 0.3) is 0 Å². The minimum atomic E-state index is -1.78. The van der Waals surface area contributed by atoms with Gasteiger partial charge in [0.05, 0.1) is 18.1 Å². The van der Waals surface area contributed by atoms with Crippen molar-refractivity contribution >= 4 is 11.9 Å². The molecular formula is C41H62O14. The number of allylic oxidation sites excluding steroid dienone is 2. The molecule has 0 amide bonds. The van der Waals surface area contributed by atoms with Gasteiger partial charge in [-0.15, -0.1) is 0 Å². The predicted octanol–water partition coefficient (Wildman–Crippen LogP) is 1.63. The fourth-order valence-electron chi connectivity index (χ4n) is 14.7. The van der Waals surface area contributed by atoms with Crippen LogP contribution in [-0.4, -0.2) is 127 Å². The summed E-state index contributed by atoms with van der Waals surface area (Å²) in [7, 11) is 0. The molecule has 14 nitrogen and oxygen atoms in total. The molecule has 8 N–H and O–H groups in total. The zero-order valence-corrected chi connectivity index (χ0v) is 32.8. The minimum Gasteiger partial charge on any atom is -0.479 e. The highest BCUT2D eigenvalue weighted by atomic mass is 16.7. The third-order valence-electron chi connectivity index (χ3n) is 17.9. The van der Waals surface area contributed by atoms with Gasteiger partial charge in [0.1, 0.15) is 42.7 Å². The third kappa shape index (κ3) is 5.21. The van der Waals surface area contributed by atoms with E-state index in [1.54, 1.807) is 0 Å². The first-order chi connectivity index (χ1) is 25.6. The molecule has 14 heteroatoms. The number of rotatable bonds is 6. The van der Waals surface area contributed by atoms with Crippen LogP contribution < -0.4 is 0 Å². The van der Waals surface area contributed by atoms with Gasteiger partial charge in [0.2, 0.25) is 6.29 Å². The van der Waals surface area contributed by atoms with Crippen LogP contribution in [0.3, 0.4) is 0 Å². The summed E-state index contributed by atoms with van der Waals surface area (Å²) in [4.78, 5) is 26.4. The average Bonchev–Trinajstić information content (AvgIpc) is 3.50. The number of fused-ring (bicyclic) bond motifs is 6. The molecule has 2 saturated heterocycles. The standard InChI is InChI=1S/C41H62O14/c1-36(2)21-9-12-39(5)22(38(21,4)11-10-24(36)53-34-30(48)27(45)28(46)31(54-34)32(49)50)8-7-18-19-15-37(3)13-14-41(19,23(37)16-40(18,39)6)35(51)55-33-29(47)26(44)25(43)20(17-42)52-33/h7,19-31,33-34,42-48H,8-17H2,1-6H3,(H,49,50)/t19-,20+,21-,22+,23-,24-,25+,26-,27-,28-,29+,30+,31-,33-,34+,37+,38-,39-,40+,41+/m1/s1. The van der Waals surface area contributed by atoms with E-state index in [1.165, 1.54) is 5.57 Å². The van der Waals surface area contributed by atoms with E-state index in [1.807, 2.05) is 0 Å². The molecule has 55 heavy (non-hydrogen) atoms. The van der Waals surface area contributed by atoms with E-state index < -0.39 is 96.9 Å². The number of aliphatic hydroxyl groups excluding tert-OH is 7. The molecule has 0 aromatic heterocycles. The monoisotopic (exact) mass is 778 g/mol. The fourth-order valence-corrected chi connectivity index (χ4v) is 14.7. The van der Waals surface area contributed by atoms with Crippen molar-refractivity contribution in [1.82, 2.24) is 0 Å². The first kappa shape index (κ1) is 40.1. The lowest BCUT2D eigenvalue weighted by molar-refractivity contribution is -0.324. The number of esters is 1. The van der Waals surface area contributed by atoms with Gasteiger partial charge in [-0.3, -0.25) is 4.79 Å². The number of carboxylic acids is 1. The molecule has 5 saturated carbocycles. The Morgan fingerprint density at radius 3 is 2.11 bits per heavy atom. The van der Waals surface area contributed by atoms with Gasteiger partial charge in [-0.1, -0.05) is 53.2 Å². The second kappa shape index (κ2) is 12.9. The Morgan fingerprint density at radius 1 is 0.764 bits per heavy atom. The normalized spacial score (nSPS) is 56.5. The first-order valence-corrected chi connectivity index (χ1v) is 20.4. The van der Waals surface area contributed by atoms with Crippen molar-refractivity contribution in [3.63, 3.8) is 0 Å². The van der Waals surface area contributed by atoms with Gasteiger partial charge in [0, 0.05) is 0 Å². The Bertz CT molecular complexity index is 1600. The Kier molecular flexibility index (Phi) is 9.39. The minimum absolute atomic E-state index is 0.0247. The van der Waals surface area contributed by atoms with Crippen LogP contribution in [-0.2, 0) is 28.5 Å². The molecule has 0 radical (unpaired) electrons. The number of carbonyl (C=O) groups excluding carboxylic acids is 1. The molecule has 2 aliphatic heterocycles. The van der Waals surface area contributed by atoms with Crippen LogP contribution in [0.2, 0.25) is 0 Å². The second-order valence-corrected chi connectivity index (χ2v) is 20.3. The van der Waals surface area contributed by atoms with Gasteiger partial charge in [0.25, 0.3) is 0 Å². The molecule has 8 aliphatic rings. The van der Waals surface area contributed by atoms with Crippen molar-refractivity contribution in [1.29, 1.82) is 0 Å². The second-order valence-electron chi connectivity index (χ2n) is 20.3. The molecule has 7 fully saturated rings. The third-order valence-corrected chi connectivity index (χ3v) is 17.9. The van der Waals surface area contributed by atoms with E-state index in [0.717, 1.165) is 44.9 Å². The van der Waals surface area contributed by atoms with Crippen LogP contribution in [0.4, 0.5) is 0 Å². The largest absolute Gasteiger partial charge is 0.479 e. The molecular weight excluding hydrogens is 716 g/mol. The maximum absolute atomic E-state index is 14.6. The quantitative estimate of drug-likeness (QED) is 0.109. The molecule has 0 aromatic carbocycles. The summed E-state index contributed by atoms with van der Waals surface area (Å²) in [5, 5.41) is 82.3. The molecule has 8 rings (SSSR count). The zero-order chi connectivity index (χ0) is 40.0. The predicted molar refractivity (Wildman–Crippen MR) is 191 cm³/mol. The number of ether oxygens (including phenoxy) is 4. The van der Waals surface area contributed by atoms with E-state index in [-0.39, 0.29) is 39.4 Å². The van der Waals surface area contributed by atoms with Crippen molar-refractivity contribution in [2.45, 2.75) is 167 Å². The summed E-state index contributed by atoms with van der Waals surface area (Å²) in [6, 6.07) is 0. The Labute approximate surface area is 322 Å². The number of aliphatic carboxylic acids is 1. The van der Waals surface area contributed by atoms with Gasteiger partial charge in [-0.2, -0.15) is 0 Å². The average molecular weight is 779 g/mol. The topological polar surface area (TPSA) is 233 Å². The number of aliphatic hydroxyl groups is 7. The van der Waals surface area contributed by atoms with Gasteiger partial charge in [0.15, 0.2) is 12.4 Å². The van der Waals surface area contributed by atoms with E-state index in [4.69, 9.17) is 18.9 Å². The van der Waals surface area contributed by atoms with E-state index in [0.29, 0.717) is 18.8 Å². The lowest BCUT2D eigenvalue weighted by Gasteiger charge is -2.70. The summed E-state index contributed by atoms with van der Waals surface area (Å²) in [6.07, 6.45) is -6.36. The van der Waals surface area contributed by atoms with Crippen LogP contribution in [0.5, 0.6) is 0 Å². The maximum atomic E-state index is 14.6. The van der Waals surface area contributed by atoms with Crippen molar-refractivity contribution in [3.05, 3.63) is 11.6 Å². The molecule has 0 spiro atoms. The molecule has 2 heterocycles. The van der Waals surface area contributed by atoms with E-state index >= 15 is 0 Å². The fraction of sp³-hybridized carbons (Fsp3) is 0.902. The summed E-state index contributed by atoms with van der Waals surface area (Å²) < 4.78 is 23.6. The number of hydrogen-bond acceptors (Lipinski definition) is 13. The van der Waals surface area contributed by atoms with Gasteiger partial charge >= 0.3 is 11.9 Å². The number of carbonyl (C=O) groups is 2. The highest BCUT2D eigenvalue weighted by Gasteiger charge is 2.78. The Balaban J connectivity index is 1.06. The first-order valence-electron chi connectivity index (χ1n) is 20.4. The van der Waals surface area contributed by atoms with E-state index in [2.05, 4.69) is 47.6 Å². The Hall–Kier alpha value is -1.72. The van der Waals surface area contributed by atoms with Crippen LogP contribution in [0.15, 0.2) is 11.6 Å². The van der Waals surface area contributed by atoms with Gasteiger partial charge in [-0.05, 0) is 109 Å². The van der Waals surface area contributed by atoms with Crippen molar-refractivity contribution in [2.24, 2.45) is 56.2 Å². The SMILES string of the molecule is CC1(C)[C@H]2CC[C@]3(C)[C@@H](CC=C4[C@H]5C[C@]6(C)CC[C@@]5(C(=O)O[C@H]5O[C@@H](CO)[C@H](O)[C@@H](O)[C@@H]5O)[C@@H]6C[C@@]43C)[C@]2(C)CC[C@H]1O[C@H]1O[C@@H](C(=O)O)[C@H](O)[C@@H](O)[C@@H]1O. The highest BCUT2D eigenvalue weighted by molar-refractivity contribution is 5.81. The molecule has 310 valence electrons. The van der Waals surface area contributed by atoms with Crippen LogP contribution >= 0.6 is 0 Å². The van der Waals surface area contributed by atoms with Crippen LogP contribution in [0.1, 0.15) is 99.3 Å².